The van der Waals surface area contributed by atoms with E-state index in [0.29, 0.717) is 5.11 Å². The molecule has 6 heteroatoms. The maximum absolute atomic E-state index is 12.5. The van der Waals surface area contributed by atoms with Crippen molar-refractivity contribution in [2.24, 2.45) is 0 Å². The SMILES string of the molecule is Cc1ccc(CN2CCN(C(=S)NCC(=O)N[C@H](C)c3ccccc3)CC23CCCCC3)cc1. The fourth-order valence-electron chi connectivity index (χ4n) is 5.42. The van der Waals surface area contributed by atoms with Gasteiger partial charge in [0.1, 0.15) is 0 Å². The molecule has 1 saturated heterocycles. The molecule has 0 radical (unpaired) electrons. The minimum atomic E-state index is -0.0379. The van der Waals surface area contributed by atoms with Crippen molar-refractivity contribution in [2.45, 2.75) is 64.1 Å². The first-order valence-electron chi connectivity index (χ1n) is 12.6. The largest absolute Gasteiger partial charge is 0.353 e. The van der Waals surface area contributed by atoms with Crippen molar-refractivity contribution in [3.63, 3.8) is 0 Å². The number of hydrogen-bond donors (Lipinski definition) is 2. The second-order valence-corrected chi connectivity index (χ2v) is 10.4. The second kappa shape index (κ2) is 11.3. The maximum atomic E-state index is 12.5. The Morgan fingerprint density at radius 1 is 1.03 bits per heavy atom. The molecule has 2 aliphatic rings. The van der Waals surface area contributed by atoms with Crippen molar-refractivity contribution in [1.82, 2.24) is 20.4 Å². The summed E-state index contributed by atoms with van der Waals surface area (Å²) in [7, 11) is 0. The van der Waals surface area contributed by atoms with Crippen LogP contribution in [0.25, 0.3) is 0 Å². The average molecular weight is 479 g/mol. The zero-order valence-corrected chi connectivity index (χ0v) is 21.4. The number of nitrogens with zero attached hydrogens (tertiary/aromatic N) is 2. The molecule has 34 heavy (non-hydrogen) atoms. The predicted octanol–water partition coefficient (Wildman–Crippen LogP) is 4.57. The minimum absolute atomic E-state index is 0.0279. The van der Waals surface area contributed by atoms with Gasteiger partial charge in [0, 0.05) is 31.7 Å². The molecule has 4 rings (SSSR count). The highest BCUT2D eigenvalue weighted by atomic mass is 32.1. The van der Waals surface area contributed by atoms with Crippen LogP contribution < -0.4 is 10.6 Å². The summed E-state index contributed by atoms with van der Waals surface area (Å²) in [6.45, 7) is 8.16. The third-order valence-corrected chi connectivity index (χ3v) is 7.84. The van der Waals surface area contributed by atoms with Crippen LogP contribution in [-0.4, -0.2) is 52.5 Å². The van der Waals surface area contributed by atoms with Gasteiger partial charge in [0.15, 0.2) is 5.11 Å². The highest BCUT2D eigenvalue weighted by Gasteiger charge is 2.42. The van der Waals surface area contributed by atoms with Crippen molar-refractivity contribution in [3.05, 3.63) is 71.3 Å². The lowest BCUT2D eigenvalue weighted by molar-refractivity contribution is -0.120. The van der Waals surface area contributed by atoms with Crippen LogP contribution >= 0.6 is 12.2 Å². The Kier molecular flexibility index (Phi) is 8.22. The van der Waals surface area contributed by atoms with Crippen LogP contribution in [0.15, 0.2) is 54.6 Å². The lowest BCUT2D eigenvalue weighted by Gasteiger charge is -2.53. The average Bonchev–Trinajstić information content (AvgIpc) is 2.86. The number of carbonyl (C=O) groups is 1. The van der Waals surface area contributed by atoms with Gasteiger partial charge >= 0.3 is 0 Å². The smallest absolute Gasteiger partial charge is 0.239 e. The van der Waals surface area contributed by atoms with E-state index in [1.807, 2.05) is 37.3 Å². The Morgan fingerprint density at radius 3 is 2.44 bits per heavy atom. The summed E-state index contributed by atoms with van der Waals surface area (Å²) in [5.74, 6) is -0.0379. The van der Waals surface area contributed by atoms with Crippen LogP contribution in [0.1, 0.15) is 61.8 Å². The number of hydrogen-bond acceptors (Lipinski definition) is 3. The Bertz CT molecular complexity index is 956. The number of nitrogens with one attached hydrogen (secondary N) is 2. The molecule has 1 heterocycles. The molecule has 2 aromatic rings. The monoisotopic (exact) mass is 478 g/mol. The van der Waals surface area contributed by atoms with E-state index in [2.05, 4.69) is 51.6 Å². The molecule has 2 fully saturated rings. The van der Waals surface area contributed by atoms with Gasteiger partial charge in [0.25, 0.3) is 0 Å². The van der Waals surface area contributed by atoms with Crippen LogP contribution in [-0.2, 0) is 11.3 Å². The van der Waals surface area contributed by atoms with Gasteiger partial charge in [-0.1, -0.05) is 79.4 Å². The number of thiocarbonyl (C=S) groups is 1. The Morgan fingerprint density at radius 2 is 1.74 bits per heavy atom. The normalized spacial score (nSPS) is 18.9. The number of rotatable bonds is 6. The Hall–Kier alpha value is -2.44. The molecular weight excluding hydrogens is 440 g/mol. The summed E-state index contributed by atoms with van der Waals surface area (Å²) in [4.78, 5) is 17.5. The zero-order chi connectivity index (χ0) is 24.0. The molecule has 182 valence electrons. The van der Waals surface area contributed by atoms with Crippen LogP contribution in [0.2, 0.25) is 0 Å². The third-order valence-electron chi connectivity index (χ3n) is 7.44. The molecule has 2 aromatic carbocycles. The van der Waals surface area contributed by atoms with E-state index in [1.54, 1.807) is 0 Å². The number of benzene rings is 2. The van der Waals surface area contributed by atoms with Gasteiger partial charge in [0.2, 0.25) is 5.91 Å². The number of aryl methyl sites for hydroxylation is 1. The second-order valence-electron chi connectivity index (χ2n) is 9.97. The van der Waals surface area contributed by atoms with Crippen molar-refractivity contribution in [1.29, 1.82) is 0 Å². The molecule has 2 N–H and O–H groups in total. The van der Waals surface area contributed by atoms with Gasteiger partial charge in [-0.2, -0.15) is 0 Å². The van der Waals surface area contributed by atoms with E-state index in [4.69, 9.17) is 12.2 Å². The van der Waals surface area contributed by atoms with Gasteiger partial charge in [-0.3, -0.25) is 9.69 Å². The van der Waals surface area contributed by atoms with Gasteiger partial charge < -0.3 is 15.5 Å². The van der Waals surface area contributed by atoms with E-state index in [-0.39, 0.29) is 24.0 Å². The van der Waals surface area contributed by atoms with Crippen molar-refractivity contribution in [2.75, 3.05) is 26.2 Å². The summed E-state index contributed by atoms with van der Waals surface area (Å²) >= 11 is 5.75. The summed E-state index contributed by atoms with van der Waals surface area (Å²) in [6.07, 6.45) is 6.30. The lowest BCUT2D eigenvalue weighted by atomic mass is 9.78. The molecule has 0 bridgehead atoms. The first-order chi connectivity index (χ1) is 16.4. The molecule has 1 aliphatic heterocycles. The highest BCUT2D eigenvalue weighted by molar-refractivity contribution is 7.80. The van der Waals surface area contributed by atoms with Crippen LogP contribution in [0.5, 0.6) is 0 Å². The van der Waals surface area contributed by atoms with Crippen LogP contribution in [0, 0.1) is 6.92 Å². The first-order valence-corrected chi connectivity index (χ1v) is 13.0. The highest BCUT2D eigenvalue weighted by Crippen LogP contribution is 2.37. The van der Waals surface area contributed by atoms with E-state index in [1.165, 1.54) is 43.2 Å². The molecule has 1 saturated carbocycles. The number of carbonyl (C=O) groups excluding carboxylic acids is 1. The van der Waals surface area contributed by atoms with E-state index >= 15 is 0 Å². The molecule has 1 aliphatic carbocycles. The number of piperazine rings is 1. The standard InChI is InChI=1S/C28H38N4OS/c1-22-11-13-24(14-12-22)20-32-18-17-31(21-28(32)15-7-4-8-16-28)27(34)29-19-26(33)30-23(2)25-9-5-3-6-10-25/h3,5-6,9-14,23H,4,7-8,15-21H2,1-2H3,(H,29,34)(H,30,33)/t23-/m1/s1. The maximum Gasteiger partial charge on any atom is 0.239 e. The molecule has 1 spiro atoms. The lowest BCUT2D eigenvalue weighted by Crippen LogP contribution is -2.64. The number of amides is 1. The Labute approximate surface area is 209 Å². The molecular formula is C28H38N4OS. The summed E-state index contributed by atoms with van der Waals surface area (Å²) in [6, 6.07) is 18.9. The van der Waals surface area contributed by atoms with Crippen molar-refractivity contribution >= 4 is 23.2 Å². The molecule has 0 aromatic heterocycles. The molecule has 0 unspecified atom stereocenters. The molecule has 1 amide bonds. The van der Waals surface area contributed by atoms with E-state index in [0.717, 1.165) is 31.7 Å². The van der Waals surface area contributed by atoms with Gasteiger partial charge in [-0.15, -0.1) is 0 Å². The zero-order valence-electron chi connectivity index (χ0n) is 20.6. The van der Waals surface area contributed by atoms with Crippen LogP contribution in [0.3, 0.4) is 0 Å². The summed E-state index contributed by atoms with van der Waals surface area (Å²) < 4.78 is 0. The fourth-order valence-corrected chi connectivity index (χ4v) is 5.64. The summed E-state index contributed by atoms with van der Waals surface area (Å²) in [5.41, 5.74) is 3.95. The van der Waals surface area contributed by atoms with Gasteiger partial charge in [0.05, 0.1) is 12.6 Å². The van der Waals surface area contributed by atoms with Crippen molar-refractivity contribution < 1.29 is 4.79 Å². The third kappa shape index (κ3) is 6.16. The molecule has 5 nitrogen and oxygen atoms in total. The van der Waals surface area contributed by atoms with E-state index in [9.17, 15) is 4.79 Å². The predicted molar refractivity (Wildman–Crippen MR) is 143 cm³/mol. The van der Waals surface area contributed by atoms with Gasteiger partial charge in [-0.25, -0.2) is 0 Å². The topological polar surface area (TPSA) is 47.6 Å². The summed E-state index contributed by atoms with van der Waals surface area (Å²) in [5, 5.41) is 6.99. The quantitative estimate of drug-likeness (QED) is 0.596. The van der Waals surface area contributed by atoms with E-state index < -0.39 is 0 Å². The minimum Gasteiger partial charge on any atom is -0.353 e. The van der Waals surface area contributed by atoms with Crippen molar-refractivity contribution in [3.8, 4) is 0 Å². The van der Waals surface area contributed by atoms with Crippen LogP contribution in [0.4, 0.5) is 0 Å². The van der Waals surface area contributed by atoms with Gasteiger partial charge in [-0.05, 0) is 50.0 Å². The first kappa shape index (κ1) is 24.7. The Balaban J connectivity index is 1.33. The molecule has 1 atom stereocenters. The fraction of sp³-hybridized carbons (Fsp3) is 0.500.